The van der Waals surface area contributed by atoms with E-state index >= 15 is 0 Å². The number of fused-ring (bicyclic) bond motifs is 3. The van der Waals surface area contributed by atoms with E-state index in [0.29, 0.717) is 28.3 Å². The molecule has 0 radical (unpaired) electrons. The average Bonchev–Trinajstić information content (AvgIpc) is 3.06. The van der Waals surface area contributed by atoms with Crippen molar-refractivity contribution in [3.05, 3.63) is 47.9 Å². The van der Waals surface area contributed by atoms with E-state index in [0.717, 1.165) is 0 Å². The Bertz CT molecular complexity index is 1190. The molecule has 0 spiro atoms. The van der Waals surface area contributed by atoms with Crippen molar-refractivity contribution in [3.63, 3.8) is 0 Å². The van der Waals surface area contributed by atoms with E-state index in [1.807, 2.05) is 5.32 Å². The van der Waals surface area contributed by atoms with Gasteiger partial charge in [-0.2, -0.15) is 15.0 Å². The number of amides is 1. The molecule has 1 amide bonds. The fourth-order valence-electron chi connectivity index (χ4n) is 3.01. The predicted octanol–water partition coefficient (Wildman–Crippen LogP) is 1.93. The van der Waals surface area contributed by atoms with Crippen LogP contribution in [-0.2, 0) is 13.6 Å². The highest BCUT2D eigenvalue weighted by molar-refractivity contribution is 6.01. The predicted molar refractivity (Wildman–Crippen MR) is 99.5 cm³/mol. The van der Waals surface area contributed by atoms with Gasteiger partial charge in [0, 0.05) is 47.2 Å². The Morgan fingerprint density at radius 1 is 1.27 bits per heavy atom. The van der Waals surface area contributed by atoms with Gasteiger partial charge in [0.15, 0.2) is 0 Å². The highest BCUT2D eigenvalue weighted by Crippen LogP contribution is 2.42. The number of aromatic nitrogens is 4. The van der Waals surface area contributed by atoms with E-state index in [-0.39, 0.29) is 17.8 Å². The van der Waals surface area contributed by atoms with Crippen molar-refractivity contribution in [2.45, 2.75) is 6.54 Å². The molecule has 0 saturated heterocycles. The van der Waals surface area contributed by atoms with Gasteiger partial charge in [-0.3, -0.25) is 9.78 Å². The van der Waals surface area contributed by atoms with E-state index in [4.69, 9.17) is 8.22 Å². The highest BCUT2D eigenvalue weighted by Gasteiger charge is 2.26. The first-order valence-electron chi connectivity index (χ1n) is 10.8. The number of rotatable bonds is 3. The van der Waals surface area contributed by atoms with E-state index in [1.165, 1.54) is 28.2 Å². The summed E-state index contributed by atoms with van der Waals surface area (Å²) in [6.45, 7) is -5.12. The Balaban J connectivity index is 1.81. The monoisotopic (exact) mass is 355 g/mol. The molecule has 3 aromatic rings. The Kier molecular flexibility index (Phi) is 2.49. The van der Waals surface area contributed by atoms with E-state index < -0.39 is 19.9 Å². The van der Waals surface area contributed by atoms with Crippen LogP contribution in [0.4, 0.5) is 17.1 Å². The van der Waals surface area contributed by atoms with Gasteiger partial charge in [-0.25, -0.2) is 0 Å². The third kappa shape index (κ3) is 2.55. The fraction of sp³-hybridized carbons (Fsp3) is 0.222. The highest BCUT2D eigenvalue weighted by atomic mass is 16.1. The first-order chi connectivity index (χ1) is 14.9. The van der Waals surface area contributed by atoms with Gasteiger partial charge >= 0.3 is 0 Å². The summed E-state index contributed by atoms with van der Waals surface area (Å²) in [5.41, 5.74) is 2.73. The molecule has 1 aromatic carbocycles. The topological polar surface area (TPSA) is 88.0 Å². The van der Waals surface area contributed by atoms with Gasteiger partial charge in [0.05, 0.1) is 29.2 Å². The van der Waals surface area contributed by atoms with Crippen LogP contribution in [0.2, 0.25) is 0 Å². The summed E-state index contributed by atoms with van der Waals surface area (Å²) in [5, 5.41) is 13.7. The maximum absolute atomic E-state index is 12.5. The average molecular weight is 355 g/mol. The molecule has 26 heavy (non-hydrogen) atoms. The van der Waals surface area contributed by atoms with Crippen molar-refractivity contribution < 1.29 is 13.0 Å². The van der Waals surface area contributed by atoms with Crippen molar-refractivity contribution in [3.8, 4) is 11.3 Å². The standard InChI is InChI=1S/C18H19N7O/c1-19-18(26)12-9-20-8-7-13(12)21-14-6-4-5-11-16-15(22-25(3)23-16)10-24(2)17(11)14/h4-9H,10H2,1-3H3,(H,19,26)(H,20,21)/i1D3,2D3. The van der Waals surface area contributed by atoms with Crippen LogP contribution in [0.1, 0.15) is 24.3 Å². The van der Waals surface area contributed by atoms with Crippen LogP contribution in [0.15, 0.2) is 36.7 Å². The Morgan fingerprint density at radius 3 is 3.04 bits per heavy atom. The van der Waals surface area contributed by atoms with Crippen LogP contribution < -0.4 is 15.5 Å². The lowest BCUT2D eigenvalue weighted by molar-refractivity contribution is 0.0963. The van der Waals surface area contributed by atoms with Crippen LogP contribution in [0, 0.1) is 0 Å². The van der Waals surface area contributed by atoms with Crippen LogP contribution in [0.5, 0.6) is 0 Å². The van der Waals surface area contributed by atoms with Gasteiger partial charge in [0.25, 0.3) is 5.91 Å². The molecule has 0 atom stereocenters. The second-order valence-electron chi connectivity index (χ2n) is 5.77. The summed E-state index contributed by atoms with van der Waals surface area (Å²) < 4.78 is 45.9. The van der Waals surface area contributed by atoms with Gasteiger partial charge < -0.3 is 15.5 Å². The van der Waals surface area contributed by atoms with E-state index in [9.17, 15) is 4.79 Å². The summed E-state index contributed by atoms with van der Waals surface area (Å²) in [4.78, 5) is 19.0. The number of para-hydroxylation sites is 1. The molecule has 0 bridgehead atoms. The zero-order chi connectivity index (χ0) is 23.3. The zero-order valence-corrected chi connectivity index (χ0v) is 13.8. The van der Waals surface area contributed by atoms with Gasteiger partial charge in [-0.05, 0) is 12.1 Å². The number of carbonyl (C=O) groups is 1. The molecule has 0 unspecified atom stereocenters. The second kappa shape index (κ2) is 6.14. The summed E-state index contributed by atoms with van der Waals surface area (Å²) in [7, 11) is 1.66. The number of hydrogen-bond donors (Lipinski definition) is 2. The molecule has 0 fully saturated rings. The molecule has 0 saturated carbocycles. The molecule has 132 valence electrons. The lowest BCUT2D eigenvalue weighted by Gasteiger charge is -2.28. The molecule has 4 rings (SSSR count). The Morgan fingerprint density at radius 2 is 2.19 bits per heavy atom. The number of pyridine rings is 1. The molecule has 0 aliphatic carbocycles. The third-order valence-electron chi connectivity index (χ3n) is 4.10. The molecular formula is C18H19N7O. The van der Waals surface area contributed by atoms with Crippen molar-refractivity contribution >= 4 is 23.0 Å². The Labute approximate surface area is 159 Å². The van der Waals surface area contributed by atoms with Crippen LogP contribution >= 0.6 is 0 Å². The van der Waals surface area contributed by atoms with Gasteiger partial charge in [-0.15, -0.1) is 0 Å². The maximum atomic E-state index is 12.5. The van der Waals surface area contributed by atoms with Crippen molar-refractivity contribution in [2.75, 3.05) is 24.2 Å². The number of nitrogens with zero attached hydrogens (tertiary/aromatic N) is 5. The summed E-state index contributed by atoms with van der Waals surface area (Å²) >= 11 is 0. The number of benzene rings is 1. The third-order valence-corrected chi connectivity index (χ3v) is 4.10. The smallest absolute Gasteiger partial charge is 0.254 e. The van der Waals surface area contributed by atoms with Gasteiger partial charge in [-0.1, -0.05) is 12.1 Å². The summed E-state index contributed by atoms with van der Waals surface area (Å²) in [5.74, 6) is -0.839. The van der Waals surface area contributed by atoms with Crippen molar-refractivity contribution in [1.29, 1.82) is 0 Å². The first-order valence-corrected chi connectivity index (χ1v) is 7.79. The summed E-state index contributed by atoms with van der Waals surface area (Å²) in [6, 6.07) is 6.65. The normalized spacial score (nSPS) is 16.7. The van der Waals surface area contributed by atoms with E-state index in [2.05, 4.69) is 20.5 Å². The fourth-order valence-corrected chi connectivity index (χ4v) is 3.01. The van der Waals surface area contributed by atoms with Gasteiger partial charge in [0.2, 0.25) is 0 Å². The molecule has 8 nitrogen and oxygen atoms in total. The molecule has 2 aromatic heterocycles. The molecule has 1 aliphatic heterocycles. The summed E-state index contributed by atoms with van der Waals surface area (Å²) in [6.07, 6.45) is 2.67. The lowest BCUT2D eigenvalue weighted by atomic mass is 10.0. The van der Waals surface area contributed by atoms with E-state index in [1.54, 1.807) is 25.2 Å². The maximum Gasteiger partial charge on any atom is 0.254 e. The zero-order valence-electron chi connectivity index (χ0n) is 19.8. The number of hydrogen-bond acceptors (Lipinski definition) is 6. The lowest BCUT2D eigenvalue weighted by Crippen LogP contribution is -2.23. The largest absolute Gasteiger partial charge is 0.366 e. The number of nitrogens with one attached hydrogen (secondary N) is 2. The molecule has 1 aliphatic rings. The minimum absolute atomic E-state index is 0.00216. The van der Waals surface area contributed by atoms with Crippen LogP contribution in [0.3, 0.4) is 0 Å². The second-order valence-corrected chi connectivity index (χ2v) is 5.77. The SMILES string of the molecule is [2H]C([2H])([2H])NC(=O)c1cnccc1Nc1cccc2c1N(C([2H])([2H])[2H])Cc1nn(C)nc1-2. The van der Waals surface area contributed by atoms with Gasteiger partial charge in [0.1, 0.15) is 11.4 Å². The van der Waals surface area contributed by atoms with Crippen molar-refractivity contribution in [1.82, 2.24) is 25.3 Å². The molecule has 2 N–H and O–H groups in total. The number of aryl methyl sites for hydroxylation is 1. The first kappa shape index (κ1) is 10.5. The minimum Gasteiger partial charge on any atom is -0.366 e. The molecular weight excluding hydrogens is 330 g/mol. The minimum atomic E-state index is -2.67. The number of anilines is 3. The molecule has 8 heteroatoms. The van der Waals surface area contributed by atoms with Crippen LogP contribution in [-0.4, -0.2) is 39.8 Å². The van der Waals surface area contributed by atoms with Crippen molar-refractivity contribution in [2.24, 2.45) is 7.05 Å². The number of carbonyl (C=O) groups excluding carboxylic acids is 1. The molecule has 3 heterocycles. The van der Waals surface area contributed by atoms with Crippen LogP contribution in [0.25, 0.3) is 11.3 Å². The quantitative estimate of drug-likeness (QED) is 0.746. The Hall–Kier alpha value is -3.42.